The molecule has 0 amide bonds. The van der Waals surface area contributed by atoms with Crippen molar-refractivity contribution in [3.05, 3.63) is 40.5 Å². The molecule has 2 aromatic heterocycles. The number of H-pyrrole nitrogens is 1. The van der Waals surface area contributed by atoms with Crippen LogP contribution in [0, 0.1) is 12.3 Å². The molecule has 2 aromatic rings. The van der Waals surface area contributed by atoms with Crippen LogP contribution in [0.1, 0.15) is 65.4 Å². The van der Waals surface area contributed by atoms with E-state index in [1.54, 1.807) is 0 Å². The predicted molar refractivity (Wildman–Crippen MR) is 105 cm³/mol. The maximum absolute atomic E-state index is 7.59. The molecule has 2 N–H and O–H groups in total. The fraction of sp³-hybridized carbons (Fsp3) is 0.550. The molecule has 2 aliphatic heterocycles. The SMILES string of the molecule is Cc1nc(C(=NC=N)N2CCc3nc(C4CC4)ncc3C2)c(C2CCOC2)[nH]1. The van der Waals surface area contributed by atoms with Gasteiger partial charge in [-0.3, -0.25) is 5.41 Å². The van der Waals surface area contributed by atoms with Crippen LogP contribution in [0.4, 0.5) is 0 Å². The van der Waals surface area contributed by atoms with Crippen LogP contribution in [-0.2, 0) is 17.7 Å². The molecule has 2 fully saturated rings. The Bertz CT molecular complexity index is 925. The largest absolute Gasteiger partial charge is 0.381 e. The summed E-state index contributed by atoms with van der Waals surface area (Å²) in [6.45, 7) is 4.94. The molecule has 4 heterocycles. The molecule has 1 unspecified atom stereocenters. The van der Waals surface area contributed by atoms with Gasteiger partial charge in [0.2, 0.25) is 0 Å². The average Bonchev–Trinajstić information content (AvgIpc) is 3.28. The molecule has 0 radical (unpaired) electrons. The summed E-state index contributed by atoms with van der Waals surface area (Å²) in [7, 11) is 0. The van der Waals surface area contributed by atoms with Crippen molar-refractivity contribution in [2.45, 2.75) is 51.0 Å². The molecule has 0 spiro atoms. The molecule has 1 aliphatic carbocycles. The van der Waals surface area contributed by atoms with E-state index in [9.17, 15) is 0 Å². The molecule has 3 aliphatic rings. The number of nitrogens with one attached hydrogen (secondary N) is 2. The summed E-state index contributed by atoms with van der Waals surface area (Å²) in [6.07, 6.45) is 7.36. The maximum atomic E-state index is 7.59. The zero-order valence-corrected chi connectivity index (χ0v) is 16.1. The van der Waals surface area contributed by atoms with Gasteiger partial charge in [0.25, 0.3) is 0 Å². The molecule has 146 valence electrons. The van der Waals surface area contributed by atoms with Crippen molar-refractivity contribution in [1.29, 1.82) is 5.41 Å². The Labute approximate surface area is 164 Å². The van der Waals surface area contributed by atoms with Gasteiger partial charge in [0, 0.05) is 49.7 Å². The summed E-state index contributed by atoms with van der Waals surface area (Å²) < 4.78 is 5.58. The summed E-state index contributed by atoms with van der Waals surface area (Å²) in [5.41, 5.74) is 4.22. The van der Waals surface area contributed by atoms with E-state index in [1.165, 1.54) is 12.8 Å². The van der Waals surface area contributed by atoms with E-state index in [-0.39, 0.29) is 0 Å². The zero-order chi connectivity index (χ0) is 19.1. The average molecular weight is 379 g/mol. The number of aromatic nitrogens is 4. The monoisotopic (exact) mass is 379 g/mol. The Kier molecular flexibility index (Phi) is 4.43. The molecule has 1 atom stereocenters. The number of amidine groups is 1. The van der Waals surface area contributed by atoms with Crippen LogP contribution in [-0.4, -0.2) is 56.8 Å². The minimum Gasteiger partial charge on any atom is -0.381 e. The lowest BCUT2D eigenvalue weighted by atomic mass is 10.0. The van der Waals surface area contributed by atoms with Gasteiger partial charge in [-0.25, -0.2) is 19.9 Å². The molecular formula is C20H25N7O. The van der Waals surface area contributed by atoms with Gasteiger partial charge >= 0.3 is 0 Å². The third-order valence-corrected chi connectivity index (χ3v) is 5.78. The summed E-state index contributed by atoms with van der Waals surface area (Å²) in [5, 5.41) is 7.59. The molecule has 0 bridgehead atoms. The molecule has 5 rings (SSSR count). The number of aryl methyl sites for hydroxylation is 1. The highest BCUT2D eigenvalue weighted by Crippen LogP contribution is 2.38. The number of imidazole rings is 1. The van der Waals surface area contributed by atoms with Gasteiger partial charge in [-0.15, -0.1) is 0 Å². The van der Waals surface area contributed by atoms with Crippen molar-refractivity contribution in [2.75, 3.05) is 19.8 Å². The normalized spacial score (nSPS) is 22.4. The Morgan fingerprint density at radius 1 is 1.32 bits per heavy atom. The Hall–Kier alpha value is -2.61. The lowest BCUT2D eigenvalue weighted by Crippen LogP contribution is -2.38. The van der Waals surface area contributed by atoms with Crippen molar-refractivity contribution in [2.24, 2.45) is 4.99 Å². The number of aromatic amines is 1. The van der Waals surface area contributed by atoms with Crippen LogP contribution in [0.5, 0.6) is 0 Å². The van der Waals surface area contributed by atoms with Gasteiger partial charge in [-0.05, 0) is 26.2 Å². The Balaban J connectivity index is 1.45. The Morgan fingerprint density at radius 3 is 2.96 bits per heavy atom. The van der Waals surface area contributed by atoms with Crippen LogP contribution in [0.3, 0.4) is 0 Å². The van der Waals surface area contributed by atoms with Crippen molar-refractivity contribution in [3.63, 3.8) is 0 Å². The van der Waals surface area contributed by atoms with Gasteiger partial charge in [0.15, 0.2) is 5.84 Å². The van der Waals surface area contributed by atoms with Crippen LogP contribution in [0.2, 0.25) is 0 Å². The lowest BCUT2D eigenvalue weighted by molar-refractivity contribution is 0.193. The van der Waals surface area contributed by atoms with E-state index in [1.807, 2.05) is 13.1 Å². The fourth-order valence-electron chi connectivity index (χ4n) is 4.14. The lowest BCUT2D eigenvalue weighted by Gasteiger charge is -2.30. The van der Waals surface area contributed by atoms with E-state index < -0.39 is 0 Å². The first-order valence-electron chi connectivity index (χ1n) is 10.0. The van der Waals surface area contributed by atoms with Gasteiger partial charge in [0.05, 0.1) is 18.0 Å². The van der Waals surface area contributed by atoms with Gasteiger partial charge in [-0.1, -0.05) is 0 Å². The number of hydrogen-bond acceptors (Lipinski definition) is 5. The molecule has 8 nitrogen and oxygen atoms in total. The van der Waals surface area contributed by atoms with Gasteiger partial charge in [-0.2, -0.15) is 0 Å². The summed E-state index contributed by atoms with van der Waals surface area (Å²) >= 11 is 0. The zero-order valence-electron chi connectivity index (χ0n) is 16.1. The van der Waals surface area contributed by atoms with E-state index >= 15 is 0 Å². The smallest absolute Gasteiger partial charge is 0.158 e. The first-order chi connectivity index (χ1) is 13.7. The van der Waals surface area contributed by atoms with E-state index in [0.29, 0.717) is 25.0 Å². The number of rotatable bonds is 4. The summed E-state index contributed by atoms with van der Waals surface area (Å²) in [4.78, 5) is 24.2. The van der Waals surface area contributed by atoms with Crippen LogP contribution < -0.4 is 0 Å². The molecule has 1 saturated heterocycles. The maximum Gasteiger partial charge on any atom is 0.158 e. The molecule has 0 aromatic carbocycles. The topological polar surface area (TPSA) is 103 Å². The van der Waals surface area contributed by atoms with Crippen molar-refractivity contribution >= 4 is 12.2 Å². The van der Waals surface area contributed by atoms with Crippen molar-refractivity contribution in [3.8, 4) is 0 Å². The van der Waals surface area contributed by atoms with Gasteiger partial charge in [0.1, 0.15) is 23.7 Å². The van der Waals surface area contributed by atoms with Crippen LogP contribution >= 0.6 is 0 Å². The number of ether oxygens (including phenoxy) is 1. The number of hydrogen-bond donors (Lipinski definition) is 2. The first-order valence-corrected chi connectivity index (χ1v) is 10.0. The molecule has 8 heteroatoms. The summed E-state index contributed by atoms with van der Waals surface area (Å²) in [6, 6.07) is 0. The standard InChI is InChI=1S/C20H25N7O/c1-12-24-17(14-5-7-28-10-14)18(25-12)20(23-11-21)27-6-4-16-15(9-27)8-22-19(26-16)13-2-3-13/h8,11,13-14,21H,2-7,9-10H2,1H3,(H,24,25). The summed E-state index contributed by atoms with van der Waals surface area (Å²) in [5.74, 6) is 3.49. The number of nitrogens with zero attached hydrogens (tertiary/aromatic N) is 5. The molecular weight excluding hydrogens is 354 g/mol. The van der Waals surface area contributed by atoms with Crippen LogP contribution in [0.25, 0.3) is 0 Å². The number of fused-ring (bicyclic) bond motifs is 1. The molecule has 1 saturated carbocycles. The van der Waals surface area contributed by atoms with Gasteiger partial charge < -0.3 is 14.6 Å². The highest BCUT2D eigenvalue weighted by Gasteiger charge is 2.31. The third kappa shape index (κ3) is 3.22. The van der Waals surface area contributed by atoms with Crippen molar-refractivity contribution < 1.29 is 4.74 Å². The first kappa shape index (κ1) is 17.5. The second-order valence-electron chi connectivity index (χ2n) is 7.87. The van der Waals surface area contributed by atoms with Crippen LogP contribution in [0.15, 0.2) is 11.2 Å². The molecule has 28 heavy (non-hydrogen) atoms. The Morgan fingerprint density at radius 2 is 2.21 bits per heavy atom. The predicted octanol–water partition coefficient (Wildman–Crippen LogP) is 2.30. The van der Waals surface area contributed by atoms with E-state index in [0.717, 1.165) is 72.5 Å². The second-order valence-corrected chi connectivity index (χ2v) is 7.87. The third-order valence-electron chi connectivity index (χ3n) is 5.78. The highest BCUT2D eigenvalue weighted by molar-refractivity contribution is 6.01. The van der Waals surface area contributed by atoms with E-state index in [2.05, 4.69) is 19.9 Å². The highest BCUT2D eigenvalue weighted by atomic mass is 16.5. The van der Waals surface area contributed by atoms with E-state index in [4.69, 9.17) is 20.1 Å². The minimum absolute atomic E-state index is 0.300. The second kappa shape index (κ2) is 7.09. The quantitative estimate of drug-likeness (QED) is 0.627. The minimum atomic E-state index is 0.300. The van der Waals surface area contributed by atoms with Crippen molar-refractivity contribution in [1.82, 2.24) is 24.8 Å². The number of aliphatic imine (C=N–C) groups is 1. The fourth-order valence-corrected chi connectivity index (χ4v) is 4.14.